The van der Waals surface area contributed by atoms with Gasteiger partial charge < -0.3 is 10.1 Å². The fourth-order valence-electron chi connectivity index (χ4n) is 2.82. The number of benzene rings is 1. The van der Waals surface area contributed by atoms with Crippen LogP contribution in [0, 0.1) is 0 Å². The first-order chi connectivity index (χ1) is 12.6. The SMILES string of the molecule is CC(C)(C)NC(=O)COC(=O)CCc1ccc(S(=O)(=O)N2CCCC2)cc1. The molecule has 0 bridgehead atoms. The van der Waals surface area contributed by atoms with E-state index in [-0.39, 0.29) is 29.4 Å². The van der Waals surface area contributed by atoms with Crippen molar-refractivity contribution < 1.29 is 22.7 Å². The van der Waals surface area contributed by atoms with Gasteiger partial charge in [0.15, 0.2) is 6.61 Å². The molecule has 1 aliphatic rings. The first kappa shape index (κ1) is 21.4. The molecule has 1 aliphatic heterocycles. The van der Waals surface area contributed by atoms with E-state index in [1.807, 2.05) is 20.8 Å². The summed E-state index contributed by atoms with van der Waals surface area (Å²) >= 11 is 0. The number of esters is 1. The summed E-state index contributed by atoms with van der Waals surface area (Å²) < 4.78 is 31.4. The molecule has 1 aromatic rings. The average Bonchev–Trinajstić information content (AvgIpc) is 3.12. The maximum absolute atomic E-state index is 12.5. The van der Waals surface area contributed by atoms with Crippen LogP contribution >= 0.6 is 0 Å². The van der Waals surface area contributed by atoms with E-state index in [0.29, 0.717) is 19.5 Å². The molecule has 1 fully saturated rings. The molecule has 7 nitrogen and oxygen atoms in total. The summed E-state index contributed by atoms with van der Waals surface area (Å²) in [5, 5.41) is 2.71. The van der Waals surface area contributed by atoms with Crippen LogP contribution in [0.15, 0.2) is 29.2 Å². The fourth-order valence-corrected chi connectivity index (χ4v) is 4.34. The summed E-state index contributed by atoms with van der Waals surface area (Å²) in [6.07, 6.45) is 2.34. The van der Waals surface area contributed by atoms with Crippen LogP contribution in [-0.2, 0) is 30.8 Å². The van der Waals surface area contributed by atoms with E-state index in [9.17, 15) is 18.0 Å². The predicted octanol–water partition coefficient (Wildman–Crippen LogP) is 1.86. The lowest BCUT2D eigenvalue weighted by Crippen LogP contribution is -2.42. The number of amides is 1. The highest BCUT2D eigenvalue weighted by atomic mass is 32.2. The van der Waals surface area contributed by atoms with Gasteiger partial charge in [-0.2, -0.15) is 4.31 Å². The lowest BCUT2D eigenvalue weighted by Gasteiger charge is -2.20. The molecule has 27 heavy (non-hydrogen) atoms. The second-order valence-electron chi connectivity index (χ2n) is 7.71. The molecule has 8 heteroatoms. The Kier molecular flexibility index (Phi) is 7.00. The van der Waals surface area contributed by atoms with Gasteiger partial charge in [-0.25, -0.2) is 8.42 Å². The van der Waals surface area contributed by atoms with E-state index in [1.54, 1.807) is 24.3 Å². The van der Waals surface area contributed by atoms with Gasteiger partial charge >= 0.3 is 5.97 Å². The lowest BCUT2D eigenvalue weighted by atomic mass is 10.1. The number of rotatable bonds is 7. The Morgan fingerprint density at radius 2 is 1.70 bits per heavy atom. The maximum atomic E-state index is 12.5. The van der Waals surface area contributed by atoms with Gasteiger partial charge in [0.1, 0.15) is 0 Å². The van der Waals surface area contributed by atoms with Crippen molar-refractivity contribution in [3.05, 3.63) is 29.8 Å². The van der Waals surface area contributed by atoms with Gasteiger partial charge in [-0.3, -0.25) is 9.59 Å². The molecular weight excluding hydrogens is 368 g/mol. The van der Waals surface area contributed by atoms with Gasteiger partial charge in [-0.1, -0.05) is 12.1 Å². The van der Waals surface area contributed by atoms with E-state index in [1.165, 1.54) is 4.31 Å². The number of sulfonamides is 1. The monoisotopic (exact) mass is 396 g/mol. The van der Waals surface area contributed by atoms with Crippen LogP contribution in [0.1, 0.15) is 45.6 Å². The van der Waals surface area contributed by atoms with Gasteiger partial charge in [0, 0.05) is 25.0 Å². The Balaban J connectivity index is 1.81. The van der Waals surface area contributed by atoms with Crippen LogP contribution in [0.3, 0.4) is 0 Å². The third-order valence-corrected chi connectivity index (χ3v) is 6.04. The molecule has 150 valence electrons. The van der Waals surface area contributed by atoms with E-state index < -0.39 is 16.0 Å². The number of aryl methyl sites for hydroxylation is 1. The van der Waals surface area contributed by atoms with Crippen molar-refractivity contribution in [2.45, 2.75) is 56.9 Å². The average molecular weight is 397 g/mol. The van der Waals surface area contributed by atoms with Gasteiger partial charge in [0.25, 0.3) is 5.91 Å². The molecule has 0 aliphatic carbocycles. The number of nitrogens with zero attached hydrogens (tertiary/aromatic N) is 1. The van der Waals surface area contributed by atoms with Gasteiger partial charge in [-0.05, 0) is 57.7 Å². The third-order valence-electron chi connectivity index (χ3n) is 4.12. The van der Waals surface area contributed by atoms with Crippen molar-refractivity contribution in [3.63, 3.8) is 0 Å². The lowest BCUT2D eigenvalue weighted by molar-refractivity contribution is -0.148. The van der Waals surface area contributed by atoms with Crippen LogP contribution in [0.5, 0.6) is 0 Å². The minimum Gasteiger partial charge on any atom is -0.456 e. The minimum absolute atomic E-state index is 0.126. The molecule has 1 aromatic carbocycles. The smallest absolute Gasteiger partial charge is 0.306 e. The van der Waals surface area contributed by atoms with Crippen molar-refractivity contribution in [2.24, 2.45) is 0 Å². The molecule has 0 radical (unpaired) electrons. The van der Waals surface area contributed by atoms with Crippen LogP contribution in [-0.4, -0.2) is 49.8 Å². The molecule has 0 atom stereocenters. The number of carbonyl (C=O) groups excluding carboxylic acids is 2. The second kappa shape index (κ2) is 8.84. The zero-order chi connectivity index (χ0) is 20.1. The van der Waals surface area contributed by atoms with E-state index in [0.717, 1.165) is 18.4 Å². The summed E-state index contributed by atoms with van der Waals surface area (Å²) in [7, 11) is -3.42. The second-order valence-corrected chi connectivity index (χ2v) is 9.65. The molecular formula is C19H28N2O5S. The highest BCUT2D eigenvalue weighted by molar-refractivity contribution is 7.89. The molecule has 2 rings (SSSR count). The van der Waals surface area contributed by atoms with Gasteiger partial charge in [-0.15, -0.1) is 0 Å². The summed E-state index contributed by atoms with van der Waals surface area (Å²) in [5.74, 6) is -0.805. The summed E-state index contributed by atoms with van der Waals surface area (Å²) in [6.45, 7) is 6.38. The Morgan fingerprint density at radius 3 is 2.26 bits per heavy atom. The van der Waals surface area contributed by atoms with Crippen LogP contribution in [0.25, 0.3) is 0 Å². The largest absolute Gasteiger partial charge is 0.456 e. The number of hydrogen-bond donors (Lipinski definition) is 1. The molecule has 0 unspecified atom stereocenters. The van der Waals surface area contributed by atoms with E-state index in [4.69, 9.17) is 4.74 Å². The zero-order valence-electron chi connectivity index (χ0n) is 16.2. The molecule has 0 saturated carbocycles. The Labute approximate surface area is 161 Å². The molecule has 0 spiro atoms. The minimum atomic E-state index is -3.42. The van der Waals surface area contributed by atoms with E-state index >= 15 is 0 Å². The molecule has 1 amide bonds. The Bertz CT molecular complexity index is 760. The zero-order valence-corrected chi connectivity index (χ0v) is 17.0. The number of ether oxygens (including phenoxy) is 1. The quantitative estimate of drug-likeness (QED) is 0.710. The van der Waals surface area contributed by atoms with Crippen LogP contribution < -0.4 is 5.32 Å². The first-order valence-corrected chi connectivity index (χ1v) is 10.6. The number of carbonyl (C=O) groups is 2. The van der Waals surface area contributed by atoms with Crippen molar-refractivity contribution >= 4 is 21.9 Å². The van der Waals surface area contributed by atoms with Crippen LogP contribution in [0.2, 0.25) is 0 Å². The van der Waals surface area contributed by atoms with E-state index in [2.05, 4.69) is 5.32 Å². The summed E-state index contributed by atoms with van der Waals surface area (Å²) in [5.41, 5.74) is 0.465. The van der Waals surface area contributed by atoms with Crippen molar-refractivity contribution in [3.8, 4) is 0 Å². The Hall–Kier alpha value is -1.93. The standard InChI is InChI=1S/C19H28N2O5S/c1-19(2,3)20-17(22)14-26-18(23)11-8-15-6-9-16(10-7-15)27(24,25)21-12-4-5-13-21/h6-7,9-10H,4-5,8,11-14H2,1-3H3,(H,20,22). The first-order valence-electron chi connectivity index (χ1n) is 9.14. The molecule has 1 heterocycles. The number of hydrogen-bond acceptors (Lipinski definition) is 5. The molecule has 1 saturated heterocycles. The van der Waals surface area contributed by atoms with Crippen molar-refractivity contribution in [1.29, 1.82) is 0 Å². The highest BCUT2D eigenvalue weighted by Crippen LogP contribution is 2.21. The van der Waals surface area contributed by atoms with Crippen molar-refractivity contribution in [2.75, 3.05) is 19.7 Å². The Morgan fingerprint density at radius 1 is 1.11 bits per heavy atom. The van der Waals surface area contributed by atoms with Gasteiger partial charge in [0.05, 0.1) is 4.90 Å². The molecule has 1 N–H and O–H groups in total. The summed E-state index contributed by atoms with van der Waals surface area (Å²) in [4.78, 5) is 23.7. The number of nitrogens with one attached hydrogen (secondary N) is 1. The predicted molar refractivity (Wildman–Crippen MR) is 102 cm³/mol. The molecule has 0 aromatic heterocycles. The highest BCUT2D eigenvalue weighted by Gasteiger charge is 2.26. The summed E-state index contributed by atoms with van der Waals surface area (Å²) in [6, 6.07) is 6.57. The third kappa shape index (κ3) is 6.62. The van der Waals surface area contributed by atoms with Gasteiger partial charge in [0.2, 0.25) is 10.0 Å². The van der Waals surface area contributed by atoms with Crippen molar-refractivity contribution in [1.82, 2.24) is 9.62 Å². The van der Waals surface area contributed by atoms with Crippen LogP contribution in [0.4, 0.5) is 0 Å². The topological polar surface area (TPSA) is 92.8 Å². The fraction of sp³-hybridized carbons (Fsp3) is 0.579. The normalized spacial score (nSPS) is 15.5. The maximum Gasteiger partial charge on any atom is 0.306 e.